The lowest BCUT2D eigenvalue weighted by Crippen LogP contribution is -1.88. The molecule has 0 saturated carbocycles. The number of H-pyrrole nitrogens is 2. The summed E-state index contributed by atoms with van der Waals surface area (Å²) in [6.45, 7) is 0. The van der Waals surface area contributed by atoms with Gasteiger partial charge < -0.3 is 9.97 Å². The molecule has 0 atom stereocenters. The molecule has 4 heteroatoms. The van der Waals surface area contributed by atoms with Gasteiger partial charge in [0.15, 0.2) is 0 Å². The topological polar surface area (TPSA) is 56.3 Å². The predicted molar refractivity (Wildman–Crippen MR) is 169 cm³/mol. The Morgan fingerprint density at radius 1 is 0.450 bits per heavy atom. The fourth-order valence-corrected chi connectivity index (χ4v) is 6.56. The molecule has 4 nitrogen and oxygen atoms in total. The maximum atomic E-state index is 4.96. The number of aromatic amines is 2. The van der Waals surface area contributed by atoms with E-state index >= 15 is 0 Å². The number of aliphatic imine (C=N–C) groups is 2. The molecule has 40 heavy (non-hydrogen) atoms. The van der Waals surface area contributed by atoms with Crippen molar-refractivity contribution in [2.24, 2.45) is 9.98 Å². The van der Waals surface area contributed by atoms with E-state index in [1.54, 1.807) is 0 Å². The molecular formula is C36H24N4. The van der Waals surface area contributed by atoms with Crippen LogP contribution in [0.3, 0.4) is 0 Å². The lowest BCUT2D eigenvalue weighted by molar-refractivity contribution is 1.36. The number of nitrogens with zero attached hydrogens (tertiary/aromatic N) is 2. The number of para-hydroxylation sites is 4. The zero-order valence-corrected chi connectivity index (χ0v) is 21.7. The molecule has 8 bridgehead atoms. The van der Waals surface area contributed by atoms with E-state index in [1.165, 1.54) is 55.2 Å². The van der Waals surface area contributed by atoms with E-state index in [2.05, 4.69) is 107 Å². The molecule has 6 aromatic rings. The number of hydrogen-bond donors (Lipinski definition) is 2. The molecule has 1 aliphatic heterocycles. The SMILES string of the molecule is C1=Nc2cccc3c2[nH]c2c(cccc23)N=CC2=CC=C(C2)c2cccc3c2[nH]c2c(cccc23)C2=CC=C1C2. The lowest BCUT2D eigenvalue weighted by Gasteiger charge is -2.06. The molecule has 2 N–H and O–H groups in total. The molecule has 0 spiro atoms. The van der Waals surface area contributed by atoms with Gasteiger partial charge in [0.2, 0.25) is 0 Å². The van der Waals surface area contributed by atoms with Gasteiger partial charge in [0.1, 0.15) is 0 Å². The molecule has 0 saturated heterocycles. The van der Waals surface area contributed by atoms with Crippen LogP contribution in [0.1, 0.15) is 24.0 Å². The Hall–Kier alpha value is -5.22. The summed E-state index contributed by atoms with van der Waals surface area (Å²) in [6.07, 6.45) is 14.6. The number of benzene rings is 4. The second-order valence-electron chi connectivity index (χ2n) is 10.8. The lowest BCUT2D eigenvalue weighted by atomic mass is 9.98. The maximum Gasteiger partial charge on any atom is 0.0870 e. The van der Waals surface area contributed by atoms with Gasteiger partial charge >= 0.3 is 0 Å². The van der Waals surface area contributed by atoms with Crippen LogP contribution in [0, 0.1) is 0 Å². The minimum absolute atomic E-state index is 0.852. The molecule has 0 fully saturated rings. The van der Waals surface area contributed by atoms with Crippen molar-refractivity contribution in [3.63, 3.8) is 0 Å². The minimum atomic E-state index is 0.852. The number of rotatable bonds is 0. The number of aromatic nitrogens is 2. The summed E-state index contributed by atoms with van der Waals surface area (Å²) in [7, 11) is 0. The van der Waals surface area contributed by atoms with Crippen LogP contribution in [0.25, 0.3) is 54.8 Å². The van der Waals surface area contributed by atoms with Crippen molar-refractivity contribution in [3.8, 4) is 0 Å². The second kappa shape index (κ2) is 8.14. The quantitative estimate of drug-likeness (QED) is 0.204. The predicted octanol–water partition coefficient (Wildman–Crippen LogP) is 9.50. The fraction of sp³-hybridized carbons (Fsp3) is 0.0556. The van der Waals surface area contributed by atoms with E-state index in [1.807, 2.05) is 12.4 Å². The maximum absolute atomic E-state index is 4.96. The van der Waals surface area contributed by atoms with Crippen LogP contribution in [0.15, 0.2) is 118 Å². The van der Waals surface area contributed by atoms with E-state index in [4.69, 9.17) is 9.98 Å². The smallest absolute Gasteiger partial charge is 0.0870 e. The number of hydrogen-bond acceptors (Lipinski definition) is 2. The van der Waals surface area contributed by atoms with Crippen LogP contribution < -0.4 is 0 Å². The fourth-order valence-electron chi connectivity index (χ4n) is 6.56. The summed E-state index contributed by atoms with van der Waals surface area (Å²) in [4.78, 5) is 17.4. The molecule has 2 aromatic heterocycles. The summed E-state index contributed by atoms with van der Waals surface area (Å²) >= 11 is 0. The van der Waals surface area contributed by atoms with Gasteiger partial charge in [-0.1, -0.05) is 85.0 Å². The van der Waals surface area contributed by atoms with Crippen LogP contribution in [0.5, 0.6) is 0 Å². The van der Waals surface area contributed by atoms with Crippen molar-refractivity contribution in [1.29, 1.82) is 0 Å². The van der Waals surface area contributed by atoms with Gasteiger partial charge in [0, 0.05) is 45.1 Å². The van der Waals surface area contributed by atoms with E-state index in [9.17, 15) is 0 Å². The zero-order valence-electron chi connectivity index (χ0n) is 21.7. The van der Waals surface area contributed by atoms with E-state index in [0.29, 0.717) is 0 Å². The summed E-state index contributed by atoms with van der Waals surface area (Å²) < 4.78 is 0. The van der Waals surface area contributed by atoms with Crippen LogP contribution >= 0.6 is 0 Å². The van der Waals surface area contributed by atoms with Crippen LogP contribution in [0.2, 0.25) is 0 Å². The molecule has 0 radical (unpaired) electrons. The van der Waals surface area contributed by atoms with Crippen LogP contribution in [0.4, 0.5) is 11.4 Å². The van der Waals surface area contributed by atoms with Crippen molar-refractivity contribution < 1.29 is 0 Å². The highest BCUT2D eigenvalue weighted by atomic mass is 14.8. The third kappa shape index (κ3) is 3.13. The first-order valence-electron chi connectivity index (χ1n) is 13.8. The first-order valence-corrected chi connectivity index (χ1v) is 13.8. The normalized spacial score (nSPS) is 16.2. The molecule has 3 aliphatic rings. The summed E-state index contributed by atoms with van der Waals surface area (Å²) in [5.41, 5.74) is 13.9. The van der Waals surface area contributed by atoms with Gasteiger partial charge in [-0.2, -0.15) is 0 Å². The Balaban J connectivity index is 1.26. The van der Waals surface area contributed by atoms with E-state index in [0.717, 1.165) is 46.0 Å². The highest BCUT2D eigenvalue weighted by Gasteiger charge is 2.19. The Morgan fingerprint density at radius 2 is 0.875 bits per heavy atom. The van der Waals surface area contributed by atoms with Crippen LogP contribution in [-0.4, -0.2) is 22.4 Å². The molecular weight excluding hydrogens is 488 g/mol. The summed E-state index contributed by atoms with van der Waals surface area (Å²) in [6, 6.07) is 25.9. The third-order valence-corrected chi connectivity index (χ3v) is 8.51. The van der Waals surface area contributed by atoms with Crippen molar-refractivity contribution in [1.82, 2.24) is 9.97 Å². The number of fused-ring (bicyclic) bond motifs is 8. The van der Waals surface area contributed by atoms with Crippen molar-refractivity contribution in [3.05, 3.63) is 119 Å². The van der Waals surface area contributed by atoms with Crippen molar-refractivity contribution in [2.45, 2.75) is 12.8 Å². The van der Waals surface area contributed by atoms with Crippen LogP contribution in [-0.2, 0) is 0 Å². The molecule has 2 aliphatic carbocycles. The van der Waals surface area contributed by atoms with Gasteiger partial charge in [-0.3, -0.25) is 9.98 Å². The highest BCUT2D eigenvalue weighted by Crippen LogP contribution is 2.40. The third-order valence-electron chi connectivity index (χ3n) is 8.51. The van der Waals surface area contributed by atoms with E-state index < -0.39 is 0 Å². The average Bonchev–Trinajstić information content (AvgIpc) is 3.78. The largest absolute Gasteiger partial charge is 0.354 e. The Labute approximate surface area is 230 Å². The number of nitrogens with one attached hydrogen (secondary N) is 2. The van der Waals surface area contributed by atoms with Crippen molar-refractivity contribution >= 4 is 78.6 Å². The first kappa shape index (κ1) is 21.7. The Morgan fingerprint density at radius 3 is 1.38 bits per heavy atom. The van der Waals surface area contributed by atoms with Gasteiger partial charge in [-0.05, 0) is 47.3 Å². The highest BCUT2D eigenvalue weighted by molar-refractivity contribution is 6.15. The Bertz CT molecular complexity index is 2100. The zero-order chi connectivity index (χ0) is 26.2. The molecule has 188 valence electrons. The molecule has 4 aromatic carbocycles. The van der Waals surface area contributed by atoms with Gasteiger partial charge in [0.05, 0.1) is 33.4 Å². The Kier molecular flexibility index (Phi) is 4.41. The molecule has 0 unspecified atom stereocenters. The number of allylic oxidation sites excluding steroid dienone is 8. The van der Waals surface area contributed by atoms with E-state index in [-0.39, 0.29) is 0 Å². The van der Waals surface area contributed by atoms with Gasteiger partial charge in [0.25, 0.3) is 0 Å². The average molecular weight is 513 g/mol. The first-order chi connectivity index (χ1) is 19.8. The summed E-state index contributed by atoms with van der Waals surface area (Å²) in [5, 5.41) is 4.85. The minimum Gasteiger partial charge on any atom is -0.354 e. The van der Waals surface area contributed by atoms with Gasteiger partial charge in [-0.15, -0.1) is 0 Å². The second-order valence-corrected chi connectivity index (χ2v) is 10.8. The molecule has 9 rings (SSSR count). The standard InChI is InChI=1S/C36H24N4/c1-5-25-23-15-13-21(17-23)19-37-31-11-3-9-29-30-10-4-12-32(36(30)40-35(29)31)38-20-22-14-16-24(18-22)26-6-2-8-28-27(7-1)33(25)39-34(26)28/h1-16,19-20,39-40H,17-18H2. The summed E-state index contributed by atoms with van der Waals surface area (Å²) in [5.74, 6) is 0. The molecule has 0 amide bonds. The van der Waals surface area contributed by atoms with Gasteiger partial charge in [-0.25, -0.2) is 0 Å². The monoisotopic (exact) mass is 512 g/mol. The molecule has 3 heterocycles. The van der Waals surface area contributed by atoms with Crippen molar-refractivity contribution in [2.75, 3.05) is 0 Å².